The molecular formula is C18H19F3N2O2. The molecule has 0 bridgehead atoms. The number of hydrogen-bond donors (Lipinski definition) is 2. The van der Waals surface area contributed by atoms with Crippen molar-refractivity contribution in [3.05, 3.63) is 71.3 Å². The van der Waals surface area contributed by atoms with Crippen LogP contribution in [0.25, 0.3) is 0 Å². The summed E-state index contributed by atoms with van der Waals surface area (Å²) in [7, 11) is 0. The Labute approximate surface area is 143 Å². The van der Waals surface area contributed by atoms with Gasteiger partial charge in [0.1, 0.15) is 12.6 Å². The van der Waals surface area contributed by atoms with E-state index >= 15 is 0 Å². The van der Waals surface area contributed by atoms with Crippen LogP contribution in [0.15, 0.2) is 54.6 Å². The number of carbonyl (C=O) groups excluding carboxylic acids is 1. The van der Waals surface area contributed by atoms with Gasteiger partial charge in [0, 0.05) is 6.54 Å². The van der Waals surface area contributed by atoms with Gasteiger partial charge in [-0.3, -0.25) is 4.79 Å². The molecule has 0 radical (unpaired) electrons. The van der Waals surface area contributed by atoms with Gasteiger partial charge in [-0.2, -0.15) is 13.2 Å². The fourth-order valence-corrected chi connectivity index (χ4v) is 2.15. The van der Waals surface area contributed by atoms with Gasteiger partial charge in [0.2, 0.25) is 5.91 Å². The number of ether oxygens (including phenoxy) is 1. The topological polar surface area (TPSA) is 64.4 Å². The maximum Gasteiger partial charge on any atom is 0.411 e. The molecule has 134 valence electrons. The molecule has 3 N–H and O–H groups in total. The average Bonchev–Trinajstić information content (AvgIpc) is 2.60. The van der Waals surface area contributed by atoms with Crippen LogP contribution in [0.5, 0.6) is 0 Å². The van der Waals surface area contributed by atoms with Gasteiger partial charge < -0.3 is 15.8 Å². The number of halogens is 3. The molecule has 0 fully saturated rings. The number of nitrogens with two attached hydrogens (primary N) is 1. The average molecular weight is 352 g/mol. The monoisotopic (exact) mass is 352 g/mol. The lowest BCUT2D eigenvalue weighted by atomic mass is 10.1. The quantitative estimate of drug-likeness (QED) is 0.805. The fourth-order valence-electron chi connectivity index (χ4n) is 2.15. The second-order valence-corrected chi connectivity index (χ2v) is 5.53. The summed E-state index contributed by atoms with van der Waals surface area (Å²) in [5.41, 5.74) is 8.05. The van der Waals surface area contributed by atoms with Crippen molar-refractivity contribution in [3.63, 3.8) is 0 Å². The Hall–Kier alpha value is -2.38. The molecular weight excluding hydrogens is 333 g/mol. The number of benzene rings is 2. The molecule has 0 saturated carbocycles. The number of amides is 1. The van der Waals surface area contributed by atoms with E-state index in [1.165, 1.54) is 0 Å². The first-order valence-electron chi connectivity index (χ1n) is 7.66. The van der Waals surface area contributed by atoms with E-state index in [-0.39, 0.29) is 19.1 Å². The van der Waals surface area contributed by atoms with Crippen LogP contribution in [0.4, 0.5) is 13.2 Å². The van der Waals surface area contributed by atoms with Crippen LogP contribution >= 0.6 is 0 Å². The van der Waals surface area contributed by atoms with Crippen molar-refractivity contribution >= 4 is 5.91 Å². The number of rotatable bonds is 7. The van der Waals surface area contributed by atoms with Gasteiger partial charge in [0.15, 0.2) is 0 Å². The second kappa shape index (κ2) is 8.64. The smallest absolute Gasteiger partial charge is 0.367 e. The lowest BCUT2D eigenvalue weighted by molar-refractivity contribution is -0.176. The molecule has 0 heterocycles. The molecule has 2 aromatic carbocycles. The van der Waals surface area contributed by atoms with Gasteiger partial charge >= 0.3 is 6.18 Å². The SMILES string of the molecule is NC(C(=O)NCc1ccc(COCC(F)(F)F)cc1)c1ccccc1. The predicted octanol–water partition coefficient (Wildman–Crippen LogP) is 3.08. The summed E-state index contributed by atoms with van der Waals surface area (Å²) in [5, 5.41) is 2.74. The summed E-state index contributed by atoms with van der Waals surface area (Å²) in [4.78, 5) is 12.1. The molecule has 0 aromatic heterocycles. The normalized spacial score (nSPS) is 12.6. The second-order valence-electron chi connectivity index (χ2n) is 5.53. The third-order valence-corrected chi connectivity index (χ3v) is 3.47. The van der Waals surface area contributed by atoms with Crippen LogP contribution in [-0.2, 0) is 22.7 Å². The zero-order valence-electron chi connectivity index (χ0n) is 13.4. The first-order valence-corrected chi connectivity index (χ1v) is 7.66. The van der Waals surface area contributed by atoms with E-state index in [1.807, 2.05) is 18.2 Å². The molecule has 1 unspecified atom stereocenters. The zero-order chi connectivity index (χ0) is 18.3. The van der Waals surface area contributed by atoms with E-state index in [0.717, 1.165) is 11.1 Å². The highest BCUT2D eigenvalue weighted by Gasteiger charge is 2.27. The maximum absolute atomic E-state index is 12.1. The van der Waals surface area contributed by atoms with Crippen LogP contribution in [0.2, 0.25) is 0 Å². The van der Waals surface area contributed by atoms with E-state index in [2.05, 4.69) is 10.1 Å². The van der Waals surface area contributed by atoms with Gasteiger partial charge in [-0.25, -0.2) is 0 Å². The fraction of sp³-hybridized carbons (Fsp3) is 0.278. The van der Waals surface area contributed by atoms with Gasteiger partial charge in [0.25, 0.3) is 0 Å². The summed E-state index contributed by atoms with van der Waals surface area (Å²) < 4.78 is 40.6. The predicted molar refractivity (Wildman–Crippen MR) is 87.4 cm³/mol. The molecule has 7 heteroatoms. The van der Waals surface area contributed by atoms with E-state index in [0.29, 0.717) is 5.56 Å². The van der Waals surface area contributed by atoms with Crippen molar-refractivity contribution in [2.75, 3.05) is 6.61 Å². The Morgan fingerprint density at radius 2 is 1.64 bits per heavy atom. The lowest BCUT2D eigenvalue weighted by Gasteiger charge is -2.13. The first kappa shape index (κ1) is 19.0. The van der Waals surface area contributed by atoms with Crippen LogP contribution in [0, 0.1) is 0 Å². The summed E-state index contributed by atoms with van der Waals surface area (Å²) >= 11 is 0. The van der Waals surface area contributed by atoms with E-state index in [1.54, 1.807) is 36.4 Å². The minimum Gasteiger partial charge on any atom is -0.367 e. The molecule has 2 aromatic rings. The summed E-state index contributed by atoms with van der Waals surface area (Å²) in [6, 6.07) is 15.0. The third-order valence-electron chi connectivity index (χ3n) is 3.47. The molecule has 0 spiro atoms. The summed E-state index contributed by atoms with van der Waals surface area (Å²) in [6.45, 7) is -1.11. The van der Waals surface area contributed by atoms with Crippen molar-refractivity contribution < 1.29 is 22.7 Å². The zero-order valence-corrected chi connectivity index (χ0v) is 13.4. The third kappa shape index (κ3) is 6.56. The Bertz CT molecular complexity index is 673. The van der Waals surface area contributed by atoms with E-state index in [9.17, 15) is 18.0 Å². The molecule has 0 saturated heterocycles. The highest BCUT2D eigenvalue weighted by atomic mass is 19.4. The summed E-state index contributed by atoms with van der Waals surface area (Å²) in [5.74, 6) is -0.302. The van der Waals surface area contributed by atoms with E-state index < -0.39 is 18.8 Å². The Morgan fingerprint density at radius 3 is 2.24 bits per heavy atom. The Balaban J connectivity index is 1.80. The van der Waals surface area contributed by atoms with Crippen LogP contribution < -0.4 is 11.1 Å². The molecule has 1 atom stereocenters. The largest absolute Gasteiger partial charge is 0.411 e. The van der Waals surface area contributed by atoms with Crippen LogP contribution in [-0.4, -0.2) is 18.7 Å². The standard InChI is InChI=1S/C18H19F3N2O2/c19-18(20,21)12-25-11-14-8-6-13(7-9-14)10-23-17(24)16(22)15-4-2-1-3-5-15/h1-9,16H,10-12,22H2,(H,23,24). The molecule has 25 heavy (non-hydrogen) atoms. The molecule has 0 aliphatic carbocycles. The number of nitrogens with one attached hydrogen (secondary N) is 1. The first-order chi connectivity index (χ1) is 11.8. The molecule has 4 nitrogen and oxygen atoms in total. The van der Waals surface area contributed by atoms with Gasteiger partial charge in [0.05, 0.1) is 6.61 Å². The van der Waals surface area contributed by atoms with Crippen molar-refractivity contribution in [2.24, 2.45) is 5.73 Å². The highest BCUT2D eigenvalue weighted by Crippen LogP contribution is 2.16. The van der Waals surface area contributed by atoms with Gasteiger partial charge in [-0.15, -0.1) is 0 Å². The van der Waals surface area contributed by atoms with Crippen molar-refractivity contribution in [2.45, 2.75) is 25.4 Å². The lowest BCUT2D eigenvalue weighted by Crippen LogP contribution is -2.33. The minimum absolute atomic E-state index is 0.120. The van der Waals surface area contributed by atoms with Crippen molar-refractivity contribution in [3.8, 4) is 0 Å². The van der Waals surface area contributed by atoms with Crippen molar-refractivity contribution in [1.29, 1.82) is 0 Å². The molecule has 0 aliphatic heterocycles. The van der Waals surface area contributed by atoms with Crippen molar-refractivity contribution in [1.82, 2.24) is 5.32 Å². The Kier molecular flexibility index (Phi) is 6.55. The maximum atomic E-state index is 12.1. The molecule has 2 rings (SSSR count). The number of carbonyl (C=O) groups is 1. The minimum atomic E-state index is -4.33. The molecule has 1 amide bonds. The van der Waals surface area contributed by atoms with Gasteiger partial charge in [-0.05, 0) is 16.7 Å². The highest BCUT2D eigenvalue weighted by molar-refractivity contribution is 5.82. The van der Waals surface area contributed by atoms with E-state index in [4.69, 9.17) is 5.73 Å². The van der Waals surface area contributed by atoms with Crippen LogP contribution in [0.3, 0.4) is 0 Å². The van der Waals surface area contributed by atoms with Gasteiger partial charge in [-0.1, -0.05) is 54.6 Å². The van der Waals surface area contributed by atoms with Crippen LogP contribution in [0.1, 0.15) is 22.7 Å². The summed E-state index contributed by atoms with van der Waals surface area (Å²) in [6.07, 6.45) is -4.33. The Morgan fingerprint density at radius 1 is 1.04 bits per heavy atom. The molecule has 0 aliphatic rings. The number of alkyl halides is 3. The number of hydrogen-bond acceptors (Lipinski definition) is 3.